The number of nitrogens with one attached hydrogen (secondary N) is 1. The molecule has 0 aromatic heterocycles. The summed E-state index contributed by atoms with van der Waals surface area (Å²) in [5, 5.41) is 3.02. The predicted molar refractivity (Wildman–Crippen MR) is 81.1 cm³/mol. The number of benzene rings is 1. The lowest BCUT2D eigenvalue weighted by Gasteiger charge is -2.68. The second-order valence-electron chi connectivity index (χ2n) is 7.76. The van der Waals surface area contributed by atoms with Gasteiger partial charge in [0.05, 0.1) is 17.5 Å². The molecule has 1 N–H and O–H groups in total. The van der Waals surface area contributed by atoms with Gasteiger partial charge in [-0.05, 0) is 13.0 Å². The van der Waals surface area contributed by atoms with Gasteiger partial charge in [-0.15, -0.1) is 0 Å². The molecule has 5 atom stereocenters. The number of piperidine rings is 2. The second kappa shape index (κ2) is 3.44. The van der Waals surface area contributed by atoms with Crippen molar-refractivity contribution >= 4 is 17.4 Å². The lowest BCUT2D eigenvalue weighted by molar-refractivity contribution is -0.220. The topological polar surface area (TPSA) is 52.6 Å². The maximum Gasteiger partial charge on any atom is 0.250 e. The fourth-order valence-corrected chi connectivity index (χ4v) is 5.70. The zero-order valence-corrected chi connectivity index (χ0v) is 12.8. The number of anilines is 1. The summed E-state index contributed by atoms with van der Waals surface area (Å²) in [4.78, 5) is 30.9. The van der Waals surface area contributed by atoms with E-state index < -0.39 is 11.0 Å². The fourth-order valence-electron chi connectivity index (χ4n) is 5.70. The van der Waals surface area contributed by atoms with Gasteiger partial charge in [0.25, 0.3) is 5.91 Å². The van der Waals surface area contributed by atoms with Gasteiger partial charge >= 0.3 is 0 Å². The number of nitrogens with zero attached hydrogens (tertiary/aromatic N) is 2. The molecule has 1 spiro atoms. The summed E-state index contributed by atoms with van der Waals surface area (Å²) in [7, 11) is 0. The third kappa shape index (κ3) is 1.07. The van der Waals surface area contributed by atoms with Gasteiger partial charge in [-0.25, -0.2) is 0 Å². The van der Waals surface area contributed by atoms with Crippen LogP contribution in [0.5, 0.6) is 0 Å². The van der Waals surface area contributed by atoms with E-state index in [1.807, 2.05) is 31.2 Å². The zero-order valence-electron chi connectivity index (χ0n) is 12.8. The summed E-state index contributed by atoms with van der Waals surface area (Å²) in [5.74, 6) is 0.215. The van der Waals surface area contributed by atoms with Gasteiger partial charge in [0.15, 0.2) is 5.78 Å². The van der Waals surface area contributed by atoms with Crippen molar-refractivity contribution in [2.45, 2.75) is 19.4 Å². The summed E-state index contributed by atoms with van der Waals surface area (Å²) in [6.45, 7) is 6.96. The van der Waals surface area contributed by atoms with E-state index in [0.717, 1.165) is 24.5 Å². The molecule has 0 saturated carbocycles. The molecule has 4 fully saturated rings. The lowest BCUT2D eigenvalue weighted by Crippen LogP contribution is -2.83. The predicted octanol–water partition coefficient (Wildman–Crippen LogP) is 1.02. The van der Waals surface area contributed by atoms with Crippen LogP contribution in [0.4, 0.5) is 5.69 Å². The fraction of sp³-hybridized carbons (Fsp3) is 0.529. The van der Waals surface area contributed by atoms with Gasteiger partial charge in [-0.2, -0.15) is 0 Å². The Morgan fingerprint density at radius 1 is 1.09 bits per heavy atom. The Morgan fingerprint density at radius 2 is 1.86 bits per heavy atom. The van der Waals surface area contributed by atoms with Crippen LogP contribution in [0, 0.1) is 10.8 Å². The molecule has 1 amide bonds. The molecule has 4 saturated heterocycles. The molecule has 1 aromatic rings. The smallest absolute Gasteiger partial charge is 0.250 e. The number of carbonyl (C=O) groups excluding carboxylic acids is 2. The van der Waals surface area contributed by atoms with Crippen LogP contribution in [0.25, 0.3) is 0 Å². The molecule has 114 valence electrons. The summed E-state index contributed by atoms with van der Waals surface area (Å²) >= 11 is 0. The Balaban J connectivity index is 1.83. The van der Waals surface area contributed by atoms with E-state index in [-0.39, 0.29) is 17.1 Å². The monoisotopic (exact) mass is 297 g/mol. The van der Waals surface area contributed by atoms with Crippen LogP contribution < -0.4 is 5.32 Å². The molecule has 0 radical (unpaired) electrons. The van der Waals surface area contributed by atoms with Gasteiger partial charge in [-0.1, -0.05) is 25.1 Å². The van der Waals surface area contributed by atoms with Crippen molar-refractivity contribution in [2.24, 2.45) is 10.8 Å². The maximum absolute atomic E-state index is 13.3. The molecule has 2 unspecified atom stereocenters. The van der Waals surface area contributed by atoms with Crippen molar-refractivity contribution in [1.82, 2.24) is 9.80 Å². The summed E-state index contributed by atoms with van der Waals surface area (Å²) in [5.41, 5.74) is -0.0490. The van der Waals surface area contributed by atoms with E-state index in [2.05, 4.69) is 22.0 Å². The lowest BCUT2D eigenvalue weighted by atomic mass is 9.52. The van der Waals surface area contributed by atoms with Crippen molar-refractivity contribution < 1.29 is 9.59 Å². The van der Waals surface area contributed by atoms with E-state index in [4.69, 9.17) is 0 Å². The van der Waals surface area contributed by atoms with Gasteiger partial charge in [0.2, 0.25) is 0 Å². The SMILES string of the molecule is C[C@@]12CN3CN(C1)[C@]1(C(=O)Nc4ccccc41)[C@@](C)(C3)C2=O. The van der Waals surface area contributed by atoms with Crippen LogP contribution in [0.15, 0.2) is 24.3 Å². The van der Waals surface area contributed by atoms with Crippen LogP contribution in [-0.2, 0) is 15.1 Å². The van der Waals surface area contributed by atoms with E-state index in [0.29, 0.717) is 13.1 Å². The Kier molecular flexibility index (Phi) is 2.00. The van der Waals surface area contributed by atoms with Crippen molar-refractivity contribution in [1.29, 1.82) is 0 Å². The average molecular weight is 297 g/mol. The molecule has 0 aliphatic carbocycles. The zero-order chi connectivity index (χ0) is 15.3. The van der Waals surface area contributed by atoms with Crippen molar-refractivity contribution in [3.05, 3.63) is 29.8 Å². The number of Topliss-reactive ketones (excluding diaryl/α,β-unsaturated/α-hetero) is 1. The average Bonchev–Trinajstić information content (AvgIpc) is 2.76. The second-order valence-corrected chi connectivity index (χ2v) is 7.76. The number of amides is 1. The number of hydrogen-bond acceptors (Lipinski definition) is 4. The first kappa shape index (κ1) is 12.8. The standard InChI is InChI=1S/C17H19N3O2/c1-15-7-19-9-16(2,13(15)21)17(20(8-15)10-19)11-5-3-4-6-12(11)18-14(17)22/h3-6H,7-10H2,1-2H3,(H,18,22)/t15-,16+,17-/m1/s1. The summed E-state index contributed by atoms with van der Waals surface area (Å²) in [6, 6.07) is 7.83. The molecule has 5 heterocycles. The number of para-hydroxylation sites is 1. The highest BCUT2D eigenvalue weighted by Gasteiger charge is 2.75. The molecule has 5 aliphatic heterocycles. The number of rotatable bonds is 0. The minimum Gasteiger partial charge on any atom is -0.324 e. The minimum atomic E-state index is -0.836. The highest BCUT2D eigenvalue weighted by molar-refractivity contribution is 6.12. The Morgan fingerprint density at radius 3 is 2.68 bits per heavy atom. The summed E-state index contributed by atoms with van der Waals surface area (Å²) < 4.78 is 0. The molecule has 5 heteroatoms. The highest BCUT2D eigenvalue weighted by atomic mass is 16.2. The van der Waals surface area contributed by atoms with E-state index in [1.165, 1.54) is 0 Å². The van der Waals surface area contributed by atoms with Crippen molar-refractivity contribution in [3.63, 3.8) is 0 Å². The van der Waals surface area contributed by atoms with Crippen LogP contribution >= 0.6 is 0 Å². The quantitative estimate of drug-likeness (QED) is 0.777. The molecule has 6 rings (SSSR count). The molecule has 1 aromatic carbocycles. The third-order valence-electron chi connectivity index (χ3n) is 6.24. The Hall–Kier alpha value is -1.72. The van der Waals surface area contributed by atoms with Crippen LogP contribution in [-0.4, -0.2) is 47.8 Å². The first-order valence-corrected chi connectivity index (χ1v) is 7.85. The van der Waals surface area contributed by atoms with Crippen LogP contribution in [0.3, 0.4) is 0 Å². The minimum absolute atomic E-state index is 0.0341. The normalized spacial score (nSPS) is 47.9. The number of hydrogen-bond donors (Lipinski definition) is 1. The maximum atomic E-state index is 13.3. The highest BCUT2D eigenvalue weighted by Crippen LogP contribution is 2.62. The number of ketones is 1. The third-order valence-corrected chi connectivity index (χ3v) is 6.24. The van der Waals surface area contributed by atoms with Crippen molar-refractivity contribution in [3.8, 4) is 0 Å². The molecule has 5 nitrogen and oxygen atoms in total. The number of fused-ring (bicyclic) bond motifs is 1. The van der Waals surface area contributed by atoms with E-state index in [9.17, 15) is 9.59 Å². The largest absolute Gasteiger partial charge is 0.324 e. The Bertz CT molecular complexity index is 747. The van der Waals surface area contributed by atoms with Crippen molar-refractivity contribution in [2.75, 3.05) is 31.6 Å². The first-order valence-electron chi connectivity index (χ1n) is 7.85. The molecule has 4 bridgehead atoms. The van der Waals surface area contributed by atoms with Gasteiger partial charge in [0, 0.05) is 30.9 Å². The Labute approximate surface area is 129 Å². The van der Waals surface area contributed by atoms with Crippen LogP contribution in [0.2, 0.25) is 0 Å². The molecular formula is C17H19N3O2. The molecular weight excluding hydrogens is 278 g/mol. The van der Waals surface area contributed by atoms with Gasteiger partial charge in [0.1, 0.15) is 5.54 Å². The van der Waals surface area contributed by atoms with Gasteiger partial charge in [-0.3, -0.25) is 19.4 Å². The van der Waals surface area contributed by atoms with Gasteiger partial charge < -0.3 is 5.32 Å². The van der Waals surface area contributed by atoms with E-state index in [1.54, 1.807) is 0 Å². The first-order chi connectivity index (χ1) is 10.4. The van der Waals surface area contributed by atoms with Crippen LogP contribution in [0.1, 0.15) is 19.4 Å². The number of carbonyl (C=O) groups is 2. The van der Waals surface area contributed by atoms with E-state index >= 15 is 0 Å². The molecule has 5 aliphatic rings. The molecule has 22 heavy (non-hydrogen) atoms. The summed E-state index contributed by atoms with van der Waals surface area (Å²) in [6.07, 6.45) is 0.